The molecule has 0 aliphatic heterocycles. The van der Waals surface area contributed by atoms with Crippen LogP contribution in [0.1, 0.15) is 38.7 Å². The highest BCUT2D eigenvalue weighted by molar-refractivity contribution is 7.92. The minimum absolute atomic E-state index is 0.110. The molecule has 34 heavy (non-hydrogen) atoms. The fourth-order valence-corrected chi connectivity index (χ4v) is 4.74. The number of carbonyl (C=O) groups is 2. The molecule has 0 aliphatic carbocycles. The van der Waals surface area contributed by atoms with Gasteiger partial charge >= 0.3 is 0 Å². The predicted molar refractivity (Wildman–Crippen MR) is 134 cm³/mol. The Morgan fingerprint density at radius 2 is 1.76 bits per heavy atom. The van der Waals surface area contributed by atoms with Crippen molar-refractivity contribution in [3.8, 4) is 5.75 Å². The summed E-state index contributed by atoms with van der Waals surface area (Å²) < 4.78 is 31.2. The largest absolute Gasteiger partial charge is 0.497 e. The maximum Gasteiger partial charge on any atom is 0.242 e. The molecular formula is C25H35N3O5S. The number of sulfonamides is 1. The van der Waals surface area contributed by atoms with Crippen molar-refractivity contribution in [2.24, 2.45) is 0 Å². The fourth-order valence-electron chi connectivity index (χ4n) is 3.78. The van der Waals surface area contributed by atoms with Crippen molar-refractivity contribution in [2.45, 2.75) is 45.7 Å². The van der Waals surface area contributed by atoms with E-state index in [2.05, 4.69) is 5.32 Å². The van der Waals surface area contributed by atoms with Gasteiger partial charge in [0, 0.05) is 26.1 Å². The lowest BCUT2D eigenvalue weighted by Crippen LogP contribution is -2.49. The van der Waals surface area contributed by atoms with Gasteiger partial charge in [0.15, 0.2) is 0 Å². The number of hydrogen-bond donors (Lipinski definition) is 1. The molecule has 0 heterocycles. The number of methoxy groups -OCH3 is 1. The number of anilines is 1. The number of nitrogens with one attached hydrogen (secondary N) is 1. The number of likely N-dealkylation sites (N-methyl/N-ethyl adjacent to an activating group) is 1. The van der Waals surface area contributed by atoms with Crippen molar-refractivity contribution in [1.82, 2.24) is 10.2 Å². The average Bonchev–Trinajstić information content (AvgIpc) is 2.81. The van der Waals surface area contributed by atoms with Crippen LogP contribution in [0.4, 0.5) is 5.69 Å². The van der Waals surface area contributed by atoms with Gasteiger partial charge in [0.05, 0.1) is 19.1 Å². The molecule has 9 heteroatoms. The minimum Gasteiger partial charge on any atom is -0.497 e. The summed E-state index contributed by atoms with van der Waals surface area (Å²) in [5.41, 5.74) is 1.40. The van der Waals surface area contributed by atoms with E-state index in [-0.39, 0.29) is 31.3 Å². The molecule has 2 rings (SSSR count). The van der Waals surface area contributed by atoms with Gasteiger partial charge in [-0.2, -0.15) is 0 Å². The third kappa shape index (κ3) is 7.76. The second kappa shape index (κ2) is 13.0. The first-order valence-corrected chi connectivity index (χ1v) is 13.3. The Labute approximate surface area is 202 Å². The van der Waals surface area contributed by atoms with Gasteiger partial charge in [-0.05, 0) is 49.6 Å². The standard InChI is InChI=1S/C25H35N3O5S/c1-5-23(25(30)26-6-2)27(19-20-12-10-15-22(18-20)33-3)24(29)16-11-17-28(34(4,31)32)21-13-8-7-9-14-21/h7-10,12-15,18,23H,5-6,11,16-17,19H2,1-4H3,(H,26,30)/t23-/m0/s1. The topological polar surface area (TPSA) is 96.0 Å². The van der Waals surface area contributed by atoms with E-state index in [1.165, 1.54) is 4.31 Å². The summed E-state index contributed by atoms with van der Waals surface area (Å²) in [6.45, 7) is 4.59. The lowest BCUT2D eigenvalue weighted by Gasteiger charge is -2.31. The van der Waals surface area contributed by atoms with Crippen LogP contribution in [0, 0.1) is 0 Å². The van der Waals surface area contributed by atoms with Crippen LogP contribution in [0.2, 0.25) is 0 Å². The molecule has 2 aromatic carbocycles. The van der Waals surface area contributed by atoms with Crippen molar-refractivity contribution < 1.29 is 22.7 Å². The van der Waals surface area contributed by atoms with Crippen LogP contribution in [0.3, 0.4) is 0 Å². The first-order valence-electron chi connectivity index (χ1n) is 11.4. The Bertz CT molecular complexity index is 1040. The van der Waals surface area contributed by atoms with E-state index in [0.29, 0.717) is 30.8 Å². The summed E-state index contributed by atoms with van der Waals surface area (Å²) in [5, 5.41) is 2.81. The summed E-state index contributed by atoms with van der Waals surface area (Å²) in [6, 6.07) is 15.6. The monoisotopic (exact) mass is 489 g/mol. The Balaban J connectivity index is 2.20. The molecule has 8 nitrogen and oxygen atoms in total. The number of para-hydroxylation sites is 1. The second-order valence-electron chi connectivity index (χ2n) is 7.97. The molecule has 0 aliphatic rings. The van der Waals surface area contributed by atoms with Crippen molar-refractivity contribution in [3.05, 3.63) is 60.2 Å². The van der Waals surface area contributed by atoms with Crippen LogP contribution in [0.15, 0.2) is 54.6 Å². The maximum atomic E-state index is 13.3. The zero-order chi connectivity index (χ0) is 25.1. The molecular weight excluding hydrogens is 454 g/mol. The SMILES string of the molecule is CCNC(=O)[C@H](CC)N(Cc1cccc(OC)c1)C(=O)CCCN(c1ccccc1)S(C)(=O)=O. The van der Waals surface area contributed by atoms with E-state index < -0.39 is 16.1 Å². The van der Waals surface area contributed by atoms with E-state index in [0.717, 1.165) is 11.8 Å². The number of rotatable bonds is 13. The highest BCUT2D eigenvalue weighted by Gasteiger charge is 2.28. The molecule has 1 N–H and O–H groups in total. The summed E-state index contributed by atoms with van der Waals surface area (Å²) in [6.07, 6.45) is 2.04. The number of amides is 2. The highest BCUT2D eigenvalue weighted by Crippen LogP contribution is 2.20. The van der Waals surface area contributed by atoms with Crippen LogP contribution in [0.5, 0.6) is 5.75 Å². The number of benzene rings is 2. The molecule has 2 aromatic rings. The fraction of sp³-hybridized carbons (Fsp3) is 0.440. The zero-order valence-corrected chi connectivity index (χ0v) is 21.2. The molecule has 0 saturated carbocycles. The van der Waals surface area contributed by atoms with E-state index in [1.807, 2.05) is 44.2 Å². The molecule has 0 saturated heterocycles. The minimum atomic E-state index is -3.50. The van der Waals surface area contributed by atoms with Crippen LogP contribution in [-0.4, -0.2) is 57.6 Å². The summed E-state index contributed by atoms with van der Waals surface area (Å²) in [5.74, 6) is 0.258. The first-order chi connectivity index (χ1) is 16.2. The van der Waals surface area contributed by atoms with Gasteiger partial charge in [-0.25, -0.2) is 8.42 Å². The zero-order valence-electron chi connectivity index (χ0n) is 20.4. The second-order valence-corrected chi connectivity index (χ2v) is 9.87. The third-order valence-corrected chi connectivity index (χ3v) is 6.61. The van der Waals surface area contributed by atoms with Crippen LogP contribution in [0.25, 0.3) is 0 Å². The number of nitrogens with zero attached hydrogens (tertiary/aromatic N) is 2. The number of carbonyl (C=O) groups excluding carboxylic acids is 2. The molecule has 0 aromatic heterocycles. The Morgan fingerprint density at radius 3 is 2.35 bits per heavy atom. The first kappa shape index (κ1) is 27.2. The normalized spacial score (nSPS) is 12.0. The quantitative estimate of drug-likeness (QED) is 0.466. The van der Waals surface area contributed by atoms with Crippen molar-refractivity contribution in [2.75, 3.05) is 30.8 Å². The van der Waals surface area contributed by atoms with Crippen molar-refractivity contribution >= 4 is 27.5 Å². The number of hydrogen-bond acceptors (Lipinski definition) is 5. The third-order valence-electron chi connectivity index (χ3n) is 5.42. The number of ether oxygens (including phenoxy) is 1. The van der Waals surface area contributed by atoms with Crippen molar-refractivity contribution in [1.29, 1.82) is 0 Å². The van der Waals surface area contributed by atoms with Crippen molar-refractivity contribution in [3.63, 3.8) is 0 Å². The summed E-state index contributed by atoms with van der Waals surface area (Å²) in [4.78, 5) is 27.6. The molecule has 1 atom stereocenters. The smallest absolute Gasteiger partial charge is 0.242 e. The van der Waals surface area contributed by atoms with Gasteiger partial charge < -0.3 is 15.0 Å². The van der Waals surface area contributed by atoms with E-state index in [4.69, 9.17) is 4.74 Å². The molecule has 2 amide bonds. The van der Waals surface area contributed by atoms with Gasteiger partial charge in [0.1, 0.15) is 11.8 Å². The van der Waals surface area contributed by atoms with Crippen LogP contribution >= 0.6 is 0 Å². The molecule has 0 radical (unpaired) electrons. The van der Waals surface area contributed by atoms with Gasteiger partial charge in [0.2, 0.25) is 21.8 Å². The van der Waals surface area contributed by atoms with Gasteiger partial charge in [-0.1, -0.05) is 37.3 Å². The van der Waals surface area contributed by atoms with Gasteiger partial charge in [-0.3, -0.25) is 13.9 Å². The predicted octanol–water partition coefficient (Wildman–Crippen LogP) is 3.18. The molecule has 0 unspecified atom stereocenters. The van der Waals surface area contributed by atoms with Crippen LogP contribution in [-0.2, 0) is 26.2 Å². The Morgan fingerprint density at radius 1 is 1.06 bits per heavy atom. The highest BCUT2D eigenvalue weighted by atomic mass is 32.2. The molecule has 186 valence electrons. The maximum absolute atomic E-state index is 13.3. The van der Waals surface area contributed by atoms with E-state index >= 15 is 0 Å². The van der Waals surface area contributed by atoms with E-state index in [1.54, 1.807) is 36.3 Å². The lowest BCUT2D eigenvalue weighted by molar-refractivity contribution is -0.141. The molecule has 0 bridgehead atoms. The summed E-state index contributed by atoms with van der Waals surface area (Å²) in [7, 11) is -1.93. The van der Waals surface area contributed by atoms with E-state index in [9.17, 15) is 18.0 Å². The summed E-state index contributed by atoms with van der Waals surface area (Å²) >= 11 is 0. The van der Waals surface area contributed by atoms with Gasteiger partial charge in [-0.15, -0.1) is 0 Å². The van der Waals surface area contributed by atoms with Crippen LogP contribution < -0.4 is 14.4 Å². The Hall–Kier alpha value is -3.07. The average molecular weight is 490 g/mol. The Kier molecular flexibility index (Phi) is 10.4. The van der Waals surface area contributed by atoms with Gasteiger partial charge in [0.25, 0.3) is 0 Å². The lowest BCUT2D eigenvalue weighted by atomic mass is 10.1. The molecule has 0 fully saturated rings. The molecule has 0 spiro atoms.